The van der Waals surface area contributed by atoms with Gasteiger partial charge in [-0.25, -0.2) is 4.79 Å². The van der Waals surface area contributed by atoms with Gasteiger partial charge in [-0.2, -0.15) is 0 Å². The largest absolute Gasteiger partial charge is 0.467 e. The highest BCUT2D eigenvalue weighted by Gasteiger charge is 2.05. The zero-order valence-electron chi connectivity index (χ0n) is 12.2. The topological polar surface area (TPSA) is 83.4 Å². The van der Waals surface area contributed by atoms with E-state index in [0.717, 1.165) is 12.0 Å². The minimum Gasteiger partial charge on any atom is -0.467 e. The molecule has 0 unspecified atom stereocenters. The van der Waals surface area contributed by atoms with Crippen LogP contribution in [0.4, 0.5) is 4.79 Å². The van der Waals surface area contributed by atoms with Crippen LogP contribution in [0.2, 0.25) is 0 Å². The summed E-state index contributed by atoms with van der Waals surface area (Å²) in [5.74, 6) is 0.398. The number of rotatable bonds is 7. The first kappa shape index (κ1) is 15.6. The van der Waals surface area contributed by atoms with Crippen LogP contribution in [-0.2, 0) is 17.8 Å². The molecule has 3 amide bonds. The van der Waals surface area contributed by atoms with E-state index in [1.165, 1.54) is 0 Å². The van der Waals surface area contributed by atoms with E-state index in [4.69, 9.17) is 4.42 Å². The van der Waals surface area contributed by atoms with Crippen molar-refractivity contribution >= 4 is 11.9 Å². The molecule has 0 spiro atoms. The van der Waals surface area contributed by atoms with Crippen molar-refractivity contribution in [2.24, 2.45) is 0 Å². The fourth-order valence-electron chi connectivity index (χ4n) is 1.85. The molecular weight excluding hydrogens is 282 g/mol. The molecule has 0 saturated carbocycles. The van der Waals surface area contributed by atoms with E-state index in [-0.39, 0.29) is 18.5 Å². The van der Waals surface area contributed by atoms with Crippen molar-refractivity contribution < 1.29 is 14.0 Å². The molecule has 0 bridgehead atoms. The van der Waals surface area contributed by atoms with Crippen molar-refractivity contribution in [3.05, 3.63) is 60.1 Å². The van der Waals surface area contributed by atoms with Crippen LogP contribution in [0.1, 0.15) is 11.3 Å². The number of carbonyl (C=O) groups is 2. The number of amides is 3. The van der Waals surface area contributed by atoms with Crippen LogP contribution in [0, 0.1) is 0 Å². The normalized spacial score (nSPS) is 10.0. The van der Waals surface area contributed by atoms with E-state index in [1.807, 2.05) is 30.3 Å². The van der Waals surface area contributed by atoms with Crippen LogP contribution in [0.3, 0.4) is 0 Å². The smallest absolute Gasteiger partial charge is 0.315 e. The number of urea groups is 1. The standard InChI is InChI=1S/C16H19N3O3/c20-15(18-11-14-7-4-10-22-14)12-19-16(21)17-9-8-13-5-2-1-3-6-13/h1-7,10H,8-9,11-12H2,(H,18,20)(H2,17,19,21). The summed E-state index contributed by atoms with van der Waals surface area (Å²) in [5, 5.41) is 7.86. The Balaban J connectivity index is 1.56. The quantitative estimate of drug-likeness (QED) is 0.723. The SMILES string of the molecule is O=C(CNC(=O)NCCc1ccccc1)NCc1ccco1. The molecular formula is C16H19N3O3. The molecule has 1 aromatic carbocycles. The highest BCUT2D eigenvalue weighted by molar-refractivity contribution is 5.83. The van der Waals surface area contributed by atoms with Crippen molar-refractivity contribution in [1.82, 2.24) is 16.0 Å². The molecule has 3 N–H and O–H groups in total. The highest BCUT2D eigenvalue weighted by Crippen LogP contribution is 1.98. The molecule has 2 rings (SSSR count). The van der Waals surface area contributed by atoms with Crippen LogP contribution >= 0.6 is 0 Å². The second-order valence-corrected chi connectivity index (χ2v) is 4.70. The molecule has 0 aliphatic heterocycles. The summed E-state index contributed by atoms with van der Waals surface area (Å²) in [4.78, 5) is 23.1. The van der Waals surface area contributed by atoms with Crippen molar-refractivity contribution in [2.45, 2.75) is 13.0 Å². The van der Waals surface area contributed by atoms with Gasteiger partial charge in [-0.3, -0.25) is 4.79 Å². The third-order valence-corrected chi connectivity index (χ3v) is 2.99. The molecule has 0 atom stereocenters. The Hall–Kier alpha value is -2.76. The summed E-state index contributed by atoms with van der Waals surface area (Å²) in [7, 11) is 0. The second kappa shape index (κ2) is 8.51. The van der Waals surface area contributed by atoms with E-state index >= 15 is 0 Å². The predicted octanol–water partition coefficient (Wildman–Crippen LogP) is 1.44. The molecule has 0 aliphatic carbocycles. The van der Waals surface area contributed by atoms with Gasteiger partial charge in [0.05, 0.1) is 19.4 Å². The van der Waals surface area contributed by atoms with E-state index in [9.17, 15) is 9.59 Å². The number of carbonyl (C=O) groups excluding carboxylic acids is 2. The maximum Gasteiger partial charge on any atom is 0.315 e. The van der Waals surface area contributed by atoms with Crippen molar-refractivity contribution in [3.63, 3.8) is 0 Å². The van der Waals surface area contributed by atoms with Crippen LogP contribution in [0.5, 0.6) is 0 Å². The van der Waals surface area contributed by atoms with E-state index in [0.29, 0.717) is 18.8 Å². The van der Waals surface area contributed by atoms with Crippen LogP contribution in [0.25, 0.3) is 0 Å². The van der Waals surface area contributed by atoms with Crippen molar-refractivity contribution in [3.8, 4) is 0 Å². The Morgan fingerprint density at radius 3 is 2.50 bits per heavy atom. The summed E-state index contributed by atoms with van der Waals surface area (Å²) in [5.41, 5.74) is 1.15. The second-order valence-electron chi connectivity index (χ2n) is 4.70. The molecule has 0 aliphatic rings. The molecule has 6 heteroatoms. The first-order chi connectivity index (χ1) is 10.7. The fraction of sp³-hybridized carbons (Fsp3) is 0.250. The monoisotopic (exact) mass is 301 g/mol. The zero-order chi connectivity index (χ0) is 15.6. The van der Waals surface area contributed by atoms with E-state index < -0.39 is 0 Å². The first-order valence-electron chi connectivity index (χ1n) is 7.09. The van der Waals surface area contributed by atoms with Gasteiger partial charge < -0.3 is 20.4 Å². The maximum absolute atomic E-state index is 11.5. The lowest BCUT2D eigenvalue weighted by atomic mass is 10.1. The van der Waals surface area contributed by atoms with Gasteiger partial charge in [-0.05, 0) is 24.1 Å². The van der Waals surface area contributed by atoms with Crippen molar-refractivity contribution in [1.29, 1.82) is 0 Å². The summed E-state index contributed by atoms with van der Waals surface area (Å²) >= 11 is 0. The van der Waals surface area contributed by atoms with Gasteiger partial charge >= 0.3 is 6.03 Å². The lowest BCUT2D eigenvalue weighted by Gasteiger charge is -2.08. The number of nitrogens with one attached hydrogen (secondary N) is 3. The number of furan rings is 1. The third-order valence-electron chi connectivity index (χ3n) is 2.99. The molecule has 1 heterocycles. The summed E-state index contributed by atoms with van der Waals surface area (Å²) in [6.07, 6.45) is 2.29. The summed E-state index contributed by atoms with van der Waals surface area (Å²) < 4.78 is 5.09. The van der Waals surface area contributed by atoms with Gasteiger partial charge in [0.15, 0.2) is 0 Å². The molecule has 1 aromatic heterocycles. The van der Waals surface area contributed by atoms with E-state index in [2.05, 4.69) is 16.0 Å². The molecule has 22 heavy (non-hydrogen) atoms. The number of hydrogen-bond acceptors (Lipinski definition) is 3. The van der Waals surface area contributed by atoms with Crippen LogP contribution in [0.15, 0.2) is 53.1 Å². The summed E-state index contributed by atoms with van der Waals surface area (Å²) in [6, 6.07) is 13.0. The average Bonchev–Trinajstić information content (AvgIpc) is 3.05. The Labute approximate surface area is 128 Å². The fourth-order valence-corrected chi connectivity index (χ4v) is 1.85. The minimum absolute atomic E-state index is 0.0715. The molecule has 6 nitrogen and oxygen atoms in total. The number of benzene rings is 1. The van der Waals surface area contributed by atoms with Gasteiger partial charge in [0.2, 0.25) is 5.91 Å². The minimum atomic E-state index is -0.357. The number of hydrogen-bond donors (Lipinski definition) is 3. The molecule has 0 fully saturated rings. The van der Waals surface area contributed by atoms with Gasteiger partial charge in [0, 0.05) is 6.54 Å². The average molecular weight is 301 g/mol. The maximum atomic E-state index is 11.5. The van der Waals surface area contributed by atoms with Crippen LogP contribution < -0.4 is 16.0 Å². The van der Waals surface area contributed by atoms with Gasteiger partial charge in [-0.15, -0.1) is 0 Å². The molecule has 2 aromatic rings. The zero-order valence-corrected chi connectivity index (χ0v) is 12.2. The van der Waals surface area contributed by atoms with E-state index in [1.54, 1.807) is 18.4 Å². The molecule has 0 saturated heterocycles. The van der Waals surface area contributed by atoms with Gasteiger partial charge in [0.25, 0.3) is 0 Å². The van der Waals surface area contributed by atoms with Crippen molar-refractivity contribution in [2.75, 3.05) is 13.1 Å². The summed E-state index contributed by atoms with van der Waals surface area (Å²) in [6.45, 7) is 0.755. The molecule has 0 radical (unpaired) electrons. The van der Waals surface area contributed by atoms with Crippen LogP contribution in [-0.4, -0.2) is 25.0 Å². The molecule has 116 valence electrons. The van der Waals surface area contributed by atoms with Gasteiger partial charge in [0.1, 0.15) is 5.76 Å². The Morgan fingerprint density at radius 2 is 1.77 bits per heavy atom. The first-order valence-corrected chi connectivity index (χ1v) is 7.09. The van der Waals surface area contributed by atoms with Gasteiger partial charge in [-0.1, -0.05) is 30.3 Å². The lowest BCUT2D eigenvalue weighted by molar-refractivity contribution is -0.120. The predicted molar refractivity (Wildman–Crippen MR) is 82.1 cm³/mol. The lowest BCUT2D eigenvalue weighted by Crippen LogP contribution is -2.42. The third kappa shape index (κ3) is 5.70. The Bertz CT molecular complexity index is 582. The Morgan fingerprint density at radius 1 is 0.955 bits per heavy atom. The highest BCUT2D eigenvalue weighted by atomic mass is 16.3. The Kier molecular flexibility index (Phi) is 6.04.